The van der Waals surface area contributed by atoms with Crippen LogP contribution in [0.15, 0.2) is 36.4 Å². The first-order valence-electron chi connectivity index (χ1n) is 8.03. The molecule has 0 aliphatic heterocycles. The highest BCUT2D eigenvalue weighted by atomic mass is 32.2. The van der Waals surface area contributed by atoms with E-state index in [1.165, 1.54) is 16.7 Å². The van der Waals surface area contributed by atoms with Gasteiger partial charge < -0.3 is 10.1 Å². The van der Waals surface area contributed by atoms with Gasteiger partial charge in [-0.05, 0) is 51.0 Å². The number of methoxy groups -OCH3 is 1. The molecule has 0 aliphatic rings. The third kappa shape index (κ3) is 5.03. The van der Waals surface area contributed by atoms with Crippen molar-refractivity contribution < 1.29 is 9.53 Å². The van der Waals surface area contributed by atoms with Gasteiger partial charge in [-0.2, -0.15) is 0 Å². The molecule has 2 aromatic rings. The lowest BCUT2D eigenvalue weighted by atomic mass is 10.1. The lowest BCUT2D eigenvalue weighted by molar-refractivity contribution is -0.115. The molecule has 128 valence electrons. The minimum absolute atomic E-state index is 0.00623. The van der Waals surface area contributed by atoms with Crippen molar-refractivity contribution in [2.45, 2.75) is 38.7 Å². The van der Waals surface area contributed by atoms with Crippen molar-refractivity contribution in [3.05, 3.63) is 58.7 Å². The molecule has 0 aromatic heterocycles. The van der Waals surface area contributed by atoms with E-state index in [0.29, 0.717) is 5.75 Å². The van der Waals surface area contributed by atoms with E-state index in [1.807, 2.05) is 32.0 Å². The number of amides is 1. The number of anilines is 1. The predicted octanol–water partition coefficient (Wildman–Crippen LogP) is 4.88. The van der Waals surface area contributed by atoms with Gasteiger partial charge in [-0.3, -0.25) is 4.79 Å². The molecule has 3 nitrogen and oxygen atoms in total. The van der Waals surface area contributed by atoms with E-state index in [0.717, 1.165) is 17.0 Å². The van der Waals surface area contributed by atoms with Crippen molar-refractivity contribution in [1.29, 1.82) is 0 Å². The number of hydrogen-bond donors (Lipinski definition) is 1. The second-order valence-corrected chi connectivity index (χ2v) is 7.47. The molecule has 2 rings (SSSR count). The zero-order valence-electron chi connectivity index (χ0n) is 15.0. The normalized spacial score (nSPS) is 11.9. The Morgan fingerprint density at radius 3 is 2.38 bits per heavy atom. The Balaban J connectivity index is 1.98. The SMILES string of the molecule is COc1ccc(C)cc1NC(=O)C(C)SCc1cc(C)cc(C)c1. The van der Waals surface area contributed by atoms with E-state index in [-0.39, 0.29) is 11.2 Å². The molecule has 0 heterocycles. The third-order valence-electron chi connectivity index (χ3n) is 3.76. The van der Waals surface area contributed by atoms with E-state index < -0.39 is 0 Å². The molecule has 2 aromatic carbocycles. The van der Waals surface area contributed by atoms with Crippen molar-refractivity contribution in [2.24, 2.45) is 0 Å². The lowest BCUT2D eigenvalue weighted by Crippen LogP contribution is -2.23. The fourth-order valence-electron chi connectivity index (χ4n) is 2.60. The Bertz CT molecular complexity index is 707. The van der Waals surface area contributed by atoms with E-state index in [9.17, 15) is 4.79 Å². The van der Waals surface area contributed by atoms with Gasteiger partial charge in [0.05, 0.1) is 18.0 Å². The van der Waals surface area contributed by atoms with E-state index in [4.69, 9.17) is 4.74 Å². The average molecular weight is 343 g/mol. The second kappa shape index (κ2) is 8.25. The van der Waals surface area contributed by atoms with Crippen molar-refractivity contribution in [2.75, 3.05) is 12.4 Å². The maximum absolute atomic E-state index is 12.5. The van der Waals surface area contributed by atoms with Gasteiger partial charge in [0.1, 0.15) is 5.75 Å². The molecule has 0 radical (unpaired) electrons. The van der Waals surface area contributed by atoms with Crippen LogP contribution in [0.5, 0.6) is 5.75 Å². The highest BCUT2D eigenvalue weighted by Crippen LogP contribution is 2.27. The fraction of sp³-hybridized carbons (Fsp3) is 0.350. The maximum atomic E-state index is 12.5. The van der Waals surface area contributed by atoms with Gasteiger partial charge in [0.25, 0.3) is 0 Å². The Morgan fingerprint density at radius 2 is 1.75 bits per heavy atom. The molecule has 1 amide bonds. The van der Waals surface area contributed by atoms with Crippen LogP contribution in [0.4, 0.5) is 5.69 Å². The topological polar surface area (TPSA) is 38.3 Å². The van der Waals surface area contributed by atoms with E-state index in [2.05, 4.69) is 37.4 Å². The second-order valence-electron chi connectivity index (χ2n) is 6.14. The Kier molecular flexibility index (Phi) is 6.32. The maximum Gasteiger partial charge on any atom is 0.237 e. The van der Waals surface area contributed by atoms with Crippen molar-refractivity contribution in [1.82, 2.24) is 0 Å². The number of benzene rings is 2. The van der Waals surface area contributed by atoms with Crippen molar-refractivity contribution >= 4 is 23.4 Å². The van der Waals surface area contributed by atoms with Crippen LogP contribution in [0.1, 0.15) is 29.2 Å². The summed E-state index contributed by atoms with van der Waals surface area (Å²) in [7, 11) is 1.61. The Morgan fingerprint density at radius 1 is 1.08 bits per heavy atom. The van der Waals surface area contributed by atoms with Crippen LogP contribution in [0.2, 0.25) is 0 Å². The minimum Gasteiger partial charge on any atom is -0.495 e. The molecule has 0 aliphatic carbocycles. The molecular formula is C20H25NO2S. The molecule has 24 heavy (non-hydrogen) atoms. The summed E-state index contributed by atoms with van der Waals surface area (Å²) in [5, 5.41) is 2.83. The number of carbonyl (C=O) groups is 1. The van der Waals surface area contributed by atoms with Crippen molar-refractivity contribution in [3.63, 3.8) is 0 Å². The van der Waals surface area contributed by atoms with Gasteiger partial charge >= 0.3 is 0 Å². The van der Waals surface area contributed by atoms with Gasteiger partial charge in [0.2, 0.25) is 5.91 Å². The number of hydrogen-bond acceptors (Lipinski definition) is 3. The van der Waals surface area contributed by atoms with Crippen molar-refractivity contribution in [3.8, 4) is 5.75 Å². The third-order valence-corrected chi connectivity index (χ3v) is 4.98. The van der Waals surface area contributed by atoms with E-state index >= 15 is 0 Å². The first-order valence-corrected chi connectivity index (χ1v) is 9.08. The van der Waals surface area contributed by atoms with Gasteiger partial charge in [-0.25, -0.2) is 0 Å². The standard InChI is InChI=1S/C20H25NO2S/c1-13-6-7-19(23-5)18(11-13)21-20(22)16(4)24-12-17-9-14(2)8-15(3)10-17/h6-11,16H,12H2,1-5H3,(H,21,22). The van der Waals surface area contributed by atoms with Gasteiger partial charge in [0.15, 0.2) is 0 Å². The molecule has 0 saturated carbocycles. The van der Waals surface area contributed by atoms with Crippen LogP contribution < -0.4 is 10.1 Å². The minimum atomic E-state index is -0.143. The molecule has 0 saturated heterocycles. The smallest absolute Gasteiger partial charge is 0.237 e. The average Bonchev–Trinajstić information content (AvgIpc) is 2.52. The lowest BCUT2D eigenvalue weighted by Gasteiger charge is -2.15. The summed E-state index contributed by atoms with van der Waals surface area (Å²) in [5.74, 6) is 1.50. The van der Waals surface area contributed by atoms with Crippen LogP contribution in [-0.4, -0.2) is 18.3 Å². The Labute approximate surface area is 148 Å². The van der Waals surface area contributed by atoms with Crippen LogP contribution in [0.25, 0.3) is 0 Å². The molecule has 4 heteroatoms. The number of thioether (sulfide) groups is 1. The highest BCUT2D eigenvalue weighted by molar-refractivity contribution is 7.99. The van der Waals surface area contributed by atoms with Crippen LogP contribution in [0.3, 0.4) is 0 Å². The largest absolute Gasteiger partial charge is 0.495 e. The first-order chi connectivity index (χ1) is 11.4. The zero-order chi connectivity index (χ0) is 17.7. The quantitative estimate of drug-likeness (QED) is 0.812. The number of ether oxygens (including phenoxy) is 1. The summed E-state index contributed by atoms with van der Waals surface area (Å²) >= 11 is 1.64. The molecule has 0 bridgehead atoms. The molecule has 1 atom stereocenters. The van der Waals surface area contributed by atoms with Crippen LogP contribution >= 0.6 is 11.8 Å². The van der Waals surface area contributed by atoms with E-state index in [1.54, 1.807) is 18.9 Å². The van der Waals surface area contributed by atoms with Crippen LogP contribution in [-0.2, 0) is 10.5 Å². The van der Waals surface area contributed by atoms with Crippen LogP contribution in [0, 0.1) is 20.8 Å². The molecular weight excluding hydrogens is 318 g/mol. The number of nitrogens with one attached hydrogen (secondary N) is 1. The highest BCUT2D eigenvalue weighted by Gasteiger charge is 2.16. The zero-order valence-corrected chi connectivity index (χ0v) is 15.8. The summed E-state index contributed by atoms with van der Waals surface area (Å²) in [5.41, 5.74) is 5.58. The summed E-state index contributed by atoms with van der Waals surface area (Å²) in [4.78, 5) is 12.5. The van der Waals surface area contributed by atoms with Gasteiger partial charge in [-0.1, -0.05) is 35.4 Å². The molecule has 1 N–H and O–H groups in total. The monoisotopic (exact) mass is 343 g/mol. The fourth-order valence-corrected chi connectivity index (χ4v) is 3.42. The Hall–Kier alpha value is -1.94. The predicted molar refractivity (Wildman–Crippen MR) is 103 cm³/mol. The molecule has 0 spiro atoms. The molecule has 1 unspecified atom stereocenters. The van der Waals surface area contributed by atoms with Gasteiger partial charge in [0, 0.05) is 5.75 Å². The number of aryl methyl sites for hydroxylation is 3. The summed E-state index contributed by atoms with van der Waals surface area (Å²) in [6.07, 6.45) is 0. The number of rotatable bonds is 6. The summed E-state index contributed by atoms with van der Waals surface area (Å²) < 4.78 is 5.32. The summed E-state index contributed by atoms with van der Waals surface area (Å²) in [6.45, 7) is 8.13. The molecule has 0 fully saturated rings. The summed E-state index contributed by atoms with van der Waals surface area (Å²) in [6, 6.07) is 12.3. The first kappa shape index (κ1) is 18.4. The number of carbonyl (C=O) groups excluding carboxylic acids is 1. The van der Waals surface area contributed by atoms with Gasteiger partial charge in [-0.15, -0.1) is 11.8 Å².